The average Bonchev–Trinajstić information content (AvgIpc) is 2.83. The highest BCUT2D eigenvalue weighted by Crippen LogP contribution is 2.18. The quantitative estimate of drug-likeness (QED) is 0.757. The summed E-state index contributed by atoms with van der Waals surface area (Å²) in [5.41, 5.74) is 3.93. The van der Waals surface area contributed by atoms with Crippen LogP contribution in [0.25, 0.3) is 0 Å². The van der Waals surface area contributed by atoms with Gasteiger partial charge in [0.15, 0.2) is 0 Å². The molecule has 1 aliphatic rings. The summed E-state index contributed by atoms with van der Waals surface area (Å²) < 4.78 is 0. The van der Waals surface area contributed by atoms with Crippen molar-refractivity contribution in [2.24, 2.45) is 9.98 Å². The highest BCUT2D eigenvalue weighted by molar-refractivity contribution is 6.54. The van der Waals surface area contributed by atoms with Crippen LogP contribution in [0.5, 0.6) is 0 Å². The molecule has 0 spiro atoms. The zero-order valence-corrected chi connectivity index (χ0v) is 9.88. The van der Waals surface area contributed by atoms with E-state index in [9.17, 15) is 0 Å². The van der Waals surface area contributed by atoms with Crippen molar-refractivity contribution in [2.45, 2.75) is 0 Å². The van der Waals surface area contributed by atoms with Crippen molar-refractivity contribution < 1.29 is 0 Å². The first-order valence-corrected chi connectivity index (χ1v) is 5.82. The van der Waals surface area contributed by atoms with E-state index in [0.717, 1.165) is 22.6 Å². The minimum absolute atomic E-state index is 0.563. The van der Waals surface area contributed by atoms with Gasteiger partial charge in [-0.15, -0.1) is 0 Å². The standard InChI is InChI=1S/C16H12N2/c1-12-17-15(13-8-4-2-5-9-13)16(18-12)14-10-6-3-7-11-14/h2-11H,1H2. The summed E-state index contributed by atoms with van der Waals surface area (Å²) in [6.07, 6.45) is 0. The maximum atomic E-state index is 4.44. The van der Waals surface area contributed by atoms with Crippen LogP contribution in [-0.2, 0) is 0 Å². The van der Waals surface area contributed by atoms with Gasteiger partial charge in [0, 0.05) is 11.1 Å². The van der Waals surface area contributed by atoms with Crippen LogP contribution in [0.2, 0.25) is 0 Å². The van der Waals surface area contributed by atoms with Gasteiger partial charge in [-0.1, -0.05) is 67.2 Å². The Morgan fingerprint density at radius 2 is 1.00 bits per heavy atom. The second-order valence-corrected chi connectivity index (χ2v) is 4.07. The van der Waals surface area contributed by atoms with Gasteiger partial charge >= 0.3 is 0 Å². The molecule has 0 aliphatic carbocycles. The van der Waals surface area contributed by atoms with E-state index >= 15 is 0 Å². The Bertz CT molecular complexity index is 580. The van der Waals surface area contributed by atoms with Crippen LogP contribution in [0, 0.1) is 0 Å². The largest absolute Gasteiger partial charge is 0.227 e. The molecule has 0 saturated carbocycles. The van der Waals surface area contributed by atoms with Gasteiger partial charge in [-0.2, -0.15) is 0 Å². The third-order valence-electron chi connectivity index (χ3n) is 2.80. The molecule has 1 heterocycles. The van der Waals surface area contributed by atoms with Crippen LogP contribution in [-0.4, -0.2) is 11.4 Å². The average molecular weight is 232 g/mol. The van der Waals surface area contributed by atoms with Crippen molar-refractivity contribution in [3.63, 3.8) is 0 Å². The molecule has 0 bridgehead atoms. The zero-order chi connectivity index (χ0) is 12.4. The first-order valence-electron chi connectivity index (χ1n) is 5.82. The highest BCUT2D eigenvalue weighted by atomic mass is 15.0. The van der Waals surface area contributed by atoms with E-state index in [2.05, 4.69) is 16.6 Å². The van der Waals surface area contributed by atoms with Gasteiger partial charge < -0.3 is 0 Å². The maximum Gasteiger partial charge on any atom is 0.146 e. The molecular formula is C16H12N2. The number of rotatable bonds is 2. The highest BCUT2D eigenvalue weighted by Gasteiger charge is 2.19. The summed E-state index contributed by atoms with van der Waals surface area (Å²) in [5.74, 6) is 0.563. The first kappa shape index (κ1) is 10.7. The van der Waals surface area contributed by atoms with E-state index in [0.29, 0.717) is 5.82 Å². The smallest absolute Gasteiger partial charge is 0.146 e. The molecule has 3 rings (SSSR count). The summed E-state index contributed by atoms with van der Waals surface area (Å²) in [6, 6.07) is 20.1. The van der Waals surface area contributed by atoms with Gasteiger partial charge in [0.2, 0.25) is 0 Å². The van der Waals surface area contributed by atoms with Gasteiger partial charge in [-0.05, 0) is 0 Å². The first-order chi connectivity index (χ1) is 8.84. The van der Waals surface area contributed by atoms with Crippen molar-refractivity contribution >= 4 is 11.4 Å². The Morgan fingerprint density at radius 1 is 0.611 bits per heavy atom. The predicted octanol–water partition coefficient (Wildman–Crippen LogP) is 3.45. The predicted molar refractivity (Wildman–Crippen MR) is 75.1 cm³/mol. The van der Waals surface area contributed by atoms with Gasteiger partial charge in [-0.3, -0.25) is 0 Å². The van der Waals surface area contributed by atoms with Crippen LogP contribution < -0.4 is 0 Å². The molecule has 0 atom stereocenters. The second-order valence-electron chi connectivity index (χ2n) is 4.07. The minimum Gasteiger partial charge on any atom is -0.227 e. The third kappa shape index (κ3) is 1.89. The Hall–Kier alpha value is -2.48. The molecule has 2 nitrogen and oxygen atoms in total. The number of benzene rings is 2. The lowest BCUT2D eigenvalue weighted by atomic mass is 10.0. The number of aliphatic imine (C=N–C) groups is 2. The number of nitrogens with zero attached hydrogens (tertiary/aromatic N) is 2. The SMILES string of the molecule is C=C1N=C(c2ccccc2)C(c2ccccc2)=N1. The van der Waals surface area contributed by atoms with E-state index < -0.39 is 0 Å². The molecule has 0 saturated heterocycles. The van der Waals surface area contributed by atoms with Crippen molar-refractivity contribution in [2.75, 3.05) is 0 Å². The van der Waals surface area contributed by atoms with E-state index in [1.807, 2.05) is 60.7 Å². The van der Waals surface area contributed by atoms with Gasteiger partial charge in [-0.25, -0.2) is 9.98 Å². The van der Waals surface area contributed by atoms with Crippen LogP contribution in [0.15, 0.2) is 83.0 Å². The molecule has 0 radical (unpaired) electrons. The molecule has 2 aromatic carbocycles. The Balaban J connectivity index is 2.09. The Morgan fingerprint density at radius 3 is 1.39 bits per heavy atom. The fraction of sp³-hybridized carbons (Fsp3) is 0. The summed E-state index contributed by atoms with van der Waals surface area (Å²) in [5, 5.41) is 0. The van der Waals surface area contributed by atoms with Crippen LogP contribution in [0.1, 0.15) is 11.1 Å². The fourth-order valence-electron chi connectivity index (χ4n) is 1.98. The van der Waals surface area contributed by atoms with Crippen LogP contribution >= 0.6 is 0 Å². The number of hydrogen-bond donors (Lipinski definition) is 0. The fourth-order valence-corrected chi connectivity index (χ4v) is 1.98. The van der Waals surface area contributed by atoms with Gasteiger partial charge in [0.25, 0.3) is 0 Å². The minimum atomic E-state index is 0.563. The van der Waals surface area contributed by atoms with Gasteiger partial charge in [0.05, 0.1) is 11.4 Å². The number of hydrogen-bond acceptors (Lipinski definition) is 2. The normalized spacial score (nSPS) is 14.3. The lowest BCUT2D eigenvalue weighted by molar-refractivity contribution is 1.30. The molecule has 0 N–H and O–H groups in total. The van der Waals surface area contributed by atoms with Crippen molar-refractivity contribution in [3.05, 3.63) is 84.2 Å². The van der Waals surface area contributed by atoms with E-state index in [1.54, 1.807) is 0 Å². The van der Waals surface area contributed by atoms with Crippen LogP contribution in [0.3, 0.4) is 0 Å². The van der Waals surface area contributed by atoms with E-state index in [4.69, 9.17) is 0 Å². The van der Waals surface area contributed by atoms with Crippen LogP contribution in [0.4, 0.5) is 0 Å². The van der Waals surface area contributed by atoms with Gasteiger partial charge in [0.1, 0.15) is 5.82 Å². The Labute approximate surface area is 106 Å². The zero-order valence-electron chi connectivity index (χ0n) is 9.88. The molecule has 0 amide bonds. The molecule has 1 aliphatic heterocycles. The second kappa shape index (κ2) is 4.41. The summed E-state index contributed by atoms with van der Waals surface area (Å²) >= 11 is 0. The molecular weight excluding hydrogens is 220 g/mol. The lowest BCUT2D eigenvalue weighted by Gasteiger charge is -2.04. The van der Waals surface area contributed by atoms with E-state index in [1.165, 1.54) is 0 Å². The van der Waals surface area contributed by atoms with E-state index in [-0.39, 0.29) is 0 Å². The molecule has 2 aromatic rings. The molecule has 18 heavy (non-hydrogen) atoms. The third-order valence-corrected chi connectivity index (χ3v) is 2.80. The molecule has 86 valence electrons. The van der Waals surface area contributed by atoms with Crippen molar-refractivity contribution in [1.29, 1.82) is 0 Å². The molecule has 2 heteroatoms. The maximum absolute atomic E-state index is 4.44. The monoisotopic (exact) mass is 232 g/mol. The molecule has 0 fully saturated rings. The summed E-state index contributed by atoms with van der Waals surface area (Å²) in [7, 11) is 0. The molecule has 0 unspecified atom stereocenters. The topological polar surface area (TPSA) is 24.7 Å². The Kier molecular flexibility index (Phi) is 2.61. The summed E-state index contributed by atoms with van der Waals surface area (Å²) in [6.45, 7) is 3.83. The lowest BCUT2D eigenvalue weighted by Crippen LogP contribution is -2.13. The van der Waals surface area contributed by atoms with Crippen molar-refractivity contribution in [3.8, 4) is 0 Å². The van der Waals surface area contributed by atoms with Crippen molar-refractivity contribution in [1.82, 2.24) is 0 Å². The summed E-state index contributed by atoms with van der Waals surface area (Å²) in [4.78, 5) is 8.87. The molecule has 0 aromatic heterocycles.